The zero-order valence-corrected chi connectivity index (χ0v) is 14.7. The number of hydrogen-bond donors (Lipinski definition) is 2. The Hall–Kier alpha value is -4.29. The molecule has 0 unspecified atom stereocenters. The number of nitrogens with one attached hydrogen (secondary N) is 1. The summed E-state index contributed by atoms with van der Waals surface area (Å²) in [5.74, 6) is -1.37. The van der Waals surface area contributed by atoms with Crippen molar-refractivity contribution in [2.45, 2.75) is 12.8 Å². The van der Waals surface area contributed by atoms with Crippen LogP contribution in [0.5, 0.6) is 11.5 Å². The Morgan fingerprint density at radius 3 is 2.83 bits per heavy atom. The first-order valence-electron chi connectivity index (χ1n) is 8.41. The van der Waals surface area contributed by atoms with Crippen LogP contribution in [-0.4, -0.2) is 46.7 Å². The van der Waals surface area contributed by atoms with Gasteiger partial charge in [0.2, 0.25) is 5.95 Å². The molecule has 3 aromatic heterocycles. The van der Waals surface area contributed by atoms with Gasteiger partial charge in [0.15, 0.2) is 22.7 Å². The number of carbonyl (C=O) groups is 1. The van der Waals surface area contributed by atoms with Crippen LogP contribution < -0.4 is 15.0 Å². The zero-order chi connectivity index (χ0) is 21.0. The minimum Gasteiger partial charge on any atom is -0.478 e. The Morgan fingerprint density at radius 2 is 2.07 bits per heavy atom. The molecule has 13 heteroatoms. The van der Waals surface area contributed by atoms with Crippen LogP contribution in [0.15, 0.2) is 41.7 Å². The van der Waals surface area contributed by atoms with Crippen LogP contribution >= 0.6 is 0 Å². The molecule has 152 valence electrons. The molecule has 2 N–H and O–H groups in total. The first kappa shape index (κ1) is 17.8. The van der Waals surface area contributed by atoms with E-state index in [0.29, 0.717) is 5.56 Å². The summed E-state index contributed by atoms with van der Waals surface area (Å²) in [5.41, 5.74) is 0.195. The van der Waals surface area contributed by atoms with Gasteiger partial charge in [0.1, 0.15) is 0 Å². The average molecular weight is 416 g/mol. The number of carboxylic acid groups (broad SMARTS) is 1. The van der Waals surface area contributed by atoms with E-state index in [1.807, 2.05) is 0 Å². The normalized spacial score (nSPS) is 14.3. The predicted molar refractivity (Wildman–Crippen MR) is 94.0 cm³/mol. The molecule has 0 atom stereocenters. The molecular formula is C17H10F2N6O5. The summed E-state index contributed by atoms with van der Waals surface area (Å²) in [6.07, 6.45) is -0.0238. The number of carboxylic acids is 1. The van der Waals surface area contributed by atoms with E-state index >= 15 is 0 Å². The van der Waals surface area contributed by atoms with Gasteiger partial charge in [0, 0.05) is 6.20 Å². The van der Waals surface area contributed by atoms with Crippen molar-refractivity contribution in [1.29, 1.82) is 0 Å². The largest absolute Gasteiger partial charge is 0.586 e. The standard InChI is InChI=1S/C17H10F2N6O5/c18-17(19)29-10-2-1-8(3-11(10)30-17)5-24-7-20-12-13(24)22-16(23-14(12)26)25-6-9(4-21-25)15(27)28/h1-4,6-7H,5H2,(H,27,28)(H,22,23,26). The second kappa shape index (κ2) is 6.10. The van der Waals surface area contributed by atoms with Gasteiger partial charge in [0.05, 0.1) is 24.6 Å². The van der Waals surface area contributed by atoms with Crippen LogP contribution in [0.4, 0.5) is 8.78 Å². The van der Waals surface area contributed by atoms with E-state index in [1.165, 1.54) is 29.2 Å². The van der Waals surface area contributed by atoms with E-state index in [4.69, 9.17) is 5.11 Å². The van der Waals surface area contributed by atoms with Crippen molar-refractivity contribution in [2.24, 2.45) is 0 Å². The first-order valence-corrected chi connectivity index (χ1v) is 8.41. The van der Waals surface area contributed by atoms with Crippen LogP contribution in [0.25, 0.3) is 17.1 Å². The lowest BCUT2D eigenvalue weighted by molar-refractivity contribution is -0.286. The molecule has 1 aliphatic heterocycles. The summed E-state index contributed by atoms with van der Waals surface area (Å²) in [5, 5.41) is 12.9. The Kier molecular flexibility index (Phi) is 3.62. The number of aromatic nitrogens is 6. The summed E-state index contributed by atoms with van der Waals surface area (Å²) in [7, 11) is 0. The van der Waals surface area contributed by atoms with Crippen molar-refractivity contribution in [3.8, 4) is 17.4 Å². The van der Waals surface area contributed by atoms with Crippen molar-refractivity contribution in [3.05, 3.63) is 58.4 Å². The van der Waals surface area contributed by atoms with E-state index in [1.54, 1.807) is 6.07 Å². The lowest BCUT2D eigenvalue weighted by atomic mass is 10.2. The van der Waals surface area contributed by atoms with Gasteiger partial charge in [-0.2, -0.15) is 10.1 Å². The number of halogens is 2. The van der Waals surface area contributed by atoms with Crippen LogP contribution in [0, 0.1) is 0 Å². The second-order valence-electron chi connectivity index (χ2n) is 6.36. The average Bonchev–Trinajstić information content (AvgIpc) is 3.38. The fourth-order valence-electron chi connectivity index (χ4n) is 3.00. The van der Waals surface area contributed by atoms with Crippen molar-refractivity contribution in [1.82, 2.24) is 29.3 Å². The minimum absolute atomic E-state index is 0.00733. The molecule has 0 aliphatic carbocycles. The predicted octanol–water partition coefficient (Wildman–Crippen LogP) is 1.37. The van der Waals surface area contributed by atoms with E-state index in [0.717, 1.165) is 10.9 Å². The maximum atomic E-state index is 13.2. The number of H-pyrrole nitrogens is 1. The van der Waals surface area contributed by atoms with Gasteiger partial charge in [-0.05, 0) is 17.7 Å². The Balaban J connectivity index is 1.52. The van der Waals surface area contributed by atoms with Crippen molar-refractivity contribution < 1.29 is 28.2 Å². The highest BCUT2D eigenvalue weighted by atomic mass is 19.3. The SMILES string of the molecule is O=C(O)c1cnn(-c2nc3c(ncn3Cc3ccc4c(c3)OC(F)(F)O4)c(=O)[nH]2)c1. The van der Waals surface area contributed by atoms with E-state index < -0.39 is 17.8 Å². The Bertz CT molecular complexity index is 1370. The maximum absolute atomic E-state index is 13.2. The number of imidazole rings is 1. The molecular weight excluding hydrogens is 406 g/mol. The number of aromatic amines is 1. The zero-order valence-electron chi connectivity index (χ0n) is 14.7. The molecule has 0 amide bonds. The first-order chi connectivity index (χ1) is 14.3. The third-order valence-corrected chi connectivity index (χ3v) is 4.33. The van der Waals surface area contributed by atoms with Crippen LogP contribution in [0.1, 0.15) is 15.9 Å². The van der Waals surface area contributed by atoms with Crippen molar-refractivity contribution >= 4 is 17.1 Å². The van der Waals surface area contributed by atoms with Crippen LogP contribution in [0.2, 0.25) is 0 Å². The molecule has 4 heterocycles. The highest BCUT2D eigenvalue weighted by Crippen LogP contribution is 2.41. The molecule has 0 bridgehead atoms. The quantitative estimate of drug-likeness (QED) is 0.509. The lowest BCUT2D eigenvalue weighted by Crippen LogP contribution is -2.25. The van der Waals surface area contributed by atoms with E-state index in [2.05, 4.69) is 29.5 Å². The maximum Gasteiger partial charge on any atom is 0.586 e. The summed E-state index contributed by atoms with van der Waals surface area (Å²) < 4.78 is 37.9. The molecule has 0 radical (unpaired) electrons. The monoisotopic (exact) mass is 416 g/mol. The molecule has 0 saturated carbocycles. The van der Waals surface area contributed by atoms with Gasteiger partial charge < -0.3 is 19.1 Å². The fourth-order valence-corrected chi connectivity index (χ4v) is 3.00. The molecule has 30 heavy (non-hydrogen) atoms. The fraction of sp³-hybridized carbons (Fsp3) is 0.118. The van der Waals surface area contributed by atoms with Gasteiger partial charge >= 0.3 is 12.3 Å². The molecule has 11 nitrogen and oxygen atoms in total. The number of fused-ring (bicyclic) bond motifs is 2. The van der Waals surface area contributed by atoms with Crippen molar-refractivity contribution in [2.75, 3.05) is 0 Å². The van der Waals surface area contributed by atoms with Gasteiger partial charge in [-0.3, -0.25) is 9.78 Å². The molecule has 1 aromatic carbocycles. The molecule has 4 aromatic rings. The van der Waals surface area contributed by atoms with E-state index in [9.17, 15) is 18.4 Å². The number of aromatic carboxylic acids is 1. The molecule has 1 aliphatic rings. The van der Waals surface area contributed by atoms with E-state index in [-0.39, 0.29) is 40.7 Å². The number of nitrogens with zero attached hydrogens (tertiary/aromatic N) is 5. The number of benzene rings is 1. The van der Waals surface area contributed by atoms with Gasteiger partial charge in [-0.1, -0.05) is 6.07 Å². The van der Waals surface area contributed by atoms with Crippen LogP contribution in [0.3, 0.4) is 0 Å². The smallest absolute Gasteiger partial charge is 0.478 e. The highest BCUT2D eigenvalue weighted by Gasteiger charge is 2.43. The number of rotatable bonds is 4. The summed E-state index contributed by atoms with van der Waals surface area (Å²) >= 11 is 0. The number of alkyl halides is 2. The minimum atomic E-state index is -3.72. The lowest BCUT2D eigenvalue weighted by Gasteiger charge is -2.06. The highest BCUT2D eigenvalue weighted by molar-refractivity contribution is 5.86. The topological polar surface area (TPSA) is 137 Å². The van der Waals surface area contributed by atoms with Gasteiger partial charge in [-0.15, -0.1) is 8.78 Å². The number of hydrogen-bond acceptors (Lipinski definition) is 7. The summed E-state index contributed by atoms with van der Waals surface area (Å²) in [6.45, 7) is 0.147. The molecule has 0 spiro atoms. The summed E-state index contributed by atoms with van der Waals surface area (Å²) in [6, 6.07) is 4.31. The Morgan fingerprint density at radius 1 is 1.27 bits per heavy atom. The third kappa shape index (κ3) is 2.92. The Labute approximate surface area is 164 Å². The van der Waals surface area contributed by atoms with Gasteiger partial charge in [-0.25, -0.2) is 14.5 Å². The molecule has 0 saturated heterocycles. The second-order valence-corrected chi connectivity index (χ2v) is 6.36. The number of ether oxygens (including phenoxy) is 2. The van der Waals surface area contributed by atoms with Crippen molar-refractivity contribution in [3.63, 3.8) is 0 Å². The third-order valence-electron chi connectivity index (χ3n) is 4.33. The van der Waals surface area contributed by atoms with Crippen LogP contribution in [-0.2, 0) is 6.54 Å². The molecule has 5 rings (SSSR count). The van der Waals surface area contributed by atoms with Gasteiger partial charge in [0.25, 0.3) is 5.56 Å². The molecule has 0 fully saturated rings. The summed E-state index contributed by atoms with van der Waals surface area (Å²) in [4.78, 5) is 34.2.